The van der Waals surface area contributed by atoms with E-state index in [0.717, 1.165) is 30.5 Å². The maximum Gasteiger partial charge on any atom is 0.186 e. The molecule has 2 N–H and O–H groups in total. The van der Waals surface area contributed by atoms with Gasteiger partial charge in [0.15, 0.2) is 5.78 Å². The van der Waals surface area contributed by atoms with Crippen molar-refractivity contribution in [2.75, 3.05) is 13.1 Å². The first kappa shape index (κ1) is 13.1. The van der Waals surface area contributed by atoms with E-state index in [-0.39, 0.29) is 17.5 Å². The zero-order chi connectivity index (χ0) is 14.1. The fraction of sp³-hybridized carbons (Fsp3) is 0.312. The topological polar surface area (TPSA) is 44.9 Å². The quantitative estimate of drug-likeness (QED) is 0.652. The average molecular weight is 272 g/mol. The van der Waals surface area contributed by atoms with Gasteiger partial charge in [0.05, 0.1) is 5.69 Å². The first-order chi connectivity index (χ1) is 9.69. The smallest absolute Gasteiger partial charge is 0.186 e. The van der Waals surface area contributed by atoms with Crippen LogP contribution in [-0.4, -0.2) is 23.9 Å². The molecule has 2 aromatic rings. The molecule has 1 aliphatic heterocycles. The molecule has 0 saturated carbocycles. The lowest BCUT2D eigenvalue weighted by molar-refractivity contribution is 0.0922. The molecule has 3 rings (SSSR count). The van der Waals surface area contributed by atoms with Gasteiger partial charge in [0.25, 0.3) is 0 Å². The second-order valence-corrected chi connectivity index (χ2v) is 5.16. The molecule has 1 fully saturated rings. The summed E-state index contributed by atoms with van der Waals surface area (Å²) >= 11 is 0. The number of halogens is 1. The SMILES string of the molecule is C/C=C1/CNCC[C@H]1C(=O)c1cc2ccc(F)cc2[nH]1. The molecule has 0 spiro atoms. The summed E-state index contributed by atoms with van der Waals surface area (Å²) < 4.78 is 13.2. The van der Waals surface area contributed by atoms with Crippen molar-refractivity contribution in [3.8, 4) is 0 Å². The second kappa shape index (κ2) is 5.21. The minimum Gasteiger partial charge on any atom is -0.352 e. The zero-order valence-corrected chi connectivity index (χ0v) is 11.4. The number of ketones is 1. The van der Waals surface area contributed by atoms with Crippen molar-refractivity contribution in [3.05, 3.63) is 47.4 Å². The number of hydrogen-bond acceptors (Lipinski definition) is 2. The Morgan fingerprint density at radius 3 is 3.05 bits per heavy atom. The number of aromatic nitrogens is 1. The Bertz CT molecular complexity index is 687. The fourth-order valence-electron chi connectivity index (χ4n) is 2.81. The highest BCUT2D eigenvalue weighted by molar-refractivity contribution is 6.02. The number of fused-ring (bicyclic) bond motifs is 1. The van der Waals surface area contributed by atoms with Crippen molar-refractivity contribution >= 4 is 16.7 Å². The molecule has 2 heterocycles. The molecule has 0 radical (unpaired) electrons. The Hall–Kier alpha value is -1.94. The highest BCUT2D eigenvalue weighted by atomic mass is 19.1. The molecule has 20 heavy (non-hydrogen) atoms. The minimum absolute atomic E-state index is 0.0702. The molecule has 1 aromatic heterocycles. The number of hydrogen-bond donors (Lipinski definition) is 2. The normalized spacial score (nSPS) is 21.5. The summed E-state index contributed by atoms with van der Waals surface area (Å²) in [6, 6.07) is 6.33. The molecule has 1 saturated heterocycles. The van der Waals surface area contributed by atoms with Gasteiger partial charge in [-0.3, -0.25) is 4.79 Å². The van der Waals surface area contributed by atoms with Crippen LogP contribution in [-0.2, 0) is 0 Å². The van der Waals surface area contributed by atoms with Gasteiger partial charge >= 0.3 is 0 Å². The van der Waals surface area contributed by atoms with Gasteiger partial charge in [0.2, 0.25) is 0 Å². The summed E-state index contributed by atoms with van der Waals surface area (Å²) in [5.41, 5.74) is 2.37. The Balaban J connectivity index is 1.95. The Kier molecular flexibility index (Phi) is 3.40. The fourth-order valence-corrected chi connectivity index (χ4v) is 2.81. The predicted molar refractivity (Wildman–Crippen MR) is 77.3 cm³/mol. The summed E-state index contributed by atoms with van der Waals surface area (Å²) in [5.74, 6) is -0.273. The van der Waals surface area contributed by atoms with Crippen molar-refractivity contribution in [1.29, 1.82) is 0 Å². The number of carbonyl (C=O) groups is 1. The Labute approximate surface area is 116 Å². The van der Waals surface area contributed by atoms with Gasteiger partial charge in [0.1, 0.15) is 5.82 Å². The van der Waals surface area contributed by atoms with Crippen LogP contribution in [0.5, 0.6) is 0 Å². The maximum atomic E-state index is 13.2. The van der Waals surface area contributed by atoms with Crippen LogP contribution in [0, 0.1) is 11.7 Å². The zero-order valence-electron chi connectivity index (χ0n) is 11.4. The number of Topliss-reactive ketones (excluding diaryl/α,β-unsaturated/α-hetero) is 1. The lowest BCUT2D eigenvalue weighted by Crippen LogP contribution is -2.34. The summed E-state index contributed by atoms with van der Waals surface area (Å²) in [7, 11) is 0. The number of rotatable bonds is 2. The number of benzene rings is 1. The van der Waals surface area contributed by atoms with Crippen LogP contribution in [0.1, 0.15) is 23.8 Å². The van der Waals surface area contributed by atoms with Gasteiger partial charge in [-0.05, 0) is 49.7 Å². The second-order valence-electron chi connectivity index (χ2n) is 5.16. The summed E-state index contributed by atoms with van der Waals surface area (Å²) in [5, 5.41) is 4.14. The summed E-state index contributed by atoms with van der Waals surface area (Å²) in [6.45, 7) is 3.58. The van der Waals surface area contributed by atoms with Gasteiger partial charge in [-0.2, -0.15) is 0 Å². The van der Waals surface area contributed by atoms with Gasteiger partial charge < -0.3 is 10.3 Å². The van der Waals surface area contributed by atoms with E-state index in [4.69, 9.17) is 0 Å². The number of carbonyl (C=O) groups excluding carboxylic acids is 1. The molecule has 1 aliphatic rings. The molecular weight excluding hydrogens is 255 g/mol. The Morgan fingerprint density at radius 1 is 1.40 bits per heavy atom. The van der Waals surface area contributed by atoms with Gasteiger partial charge in [-0.15, -0.1) is 0 Å². The van der Waals surface area contributed by atoms with E-state index in [1.54, 1.807) is 6.07 Å². The van der Waals surface area contributed by atoms with Gasteiger partial charge in [-0.25, -0.2) is 4.39 Å². The minimum atomic E-state index is -0.297. The molecule has 104 valence electrons. The first-order valence-corrected chi connectivity index (χ1v) is 6.87. The Morgan fingerprint density at radius 2 is 2.25 bits per heavy atom. The molecule has 0 bridgehead atoms. The summed E-state index contributed by atoms with van der Waals surface area (Å²) in [4.78, 5) is 15.7. The number of aromatic amines is 1. The van der Waals surface area contributed by atoms with E-state index in [1.807, 2.05) is 19.1 Å². The maximum absolute atomic E-state index is 13.2. The average Bonchev–Trinajstić information content (AvgIpc) is 2.89. The molecule has 1 atom stereocenters. The van der Waals surface area contributed by atoms with Crippen LogP contribution < -0.4 is 5.32 Å². The first-order valence-electron chi connectivity index (χ1n) is 6.87. The monoisotopic (exact) mass is 272 g/mol. The molecule has 4 heteroatoms. The molecular formula is C16H17FN2O. The number of piperidine rings is 1. The van der Waals surface area contributed by atoms with E-state index in [2.05, 4.69) is 10.3 Å². The number of allylic oxidation sites excluding steroid dienone is 1. The van der Waals surface area contributed by atoms with Crippen molar-refractivity contribution in [2.45, 2.75) is 13.3 Å². The molecule has 0 amide bonds. The number of H-pyrrole nitrogens is 1. The lowest BCUT2D eigenvalue weighted by atomic mass is 9.87. The van der Waals surface area contributed by atoms with E-state index in [1.165, 1.54) is 12.1 Å². The van der Waals surface area contributed by atoms with E-state index >= 15 is 0 Å². The molecule has 3 nitrogen and oxygen atoms in total. The van der Waals surface area contributed by atoms with Crippen molar-refractivity contribution in [1.82, 2.24) is 10.3 Å². The standard InChI is InChI=1S/C16H17FN2O/c1-2-10-9-18-6-5-13(10)16(20)15-7-11-3-4-12(17)8-14(11)19-15/h2-4,7-8,13,18-19H,5-6,9H2,1H3/b10-2-/t13-/m1/s1. The number of nitrogens with one attached hydrogen (secondary N) is 2. The van der Waals surface area contributed by atoms with Crippen LogP contribution >= 0.6 is 0 Å². The molecule has 0 aliphatic carbocycles. The van der Waals surface area contributed by atoms with Crippen LogP contribution in [0.2, 0.25) is 0 Å². The van der Waals surface area contributed by atoms with Crippen LogP contribution in [0.4, 0.5) is 4.39 Å². The molecule has 1 aromatic carbocycles. The lowest BCUT2D eigenvalue weighted by Gasteiger charge is -2.24. The van der Waals surface area contributed by atoms with Crippen LogP contribution in [0.15, 0.2) is 35.9 Å². The van der Waals surface area contributed by atoms with Crippen LogP contribution in [0.3, 0.4) is 0 Å². The third kappa shape index (κ3) is 2.27. The summed E-state index contributed by atoms with van der Waals surface area (Å²) in [6.07, 6.45) is 2.82. The van der Waals surface area contributed by atoms with Gasteiger partial charge in [-0.1, -0.05) is 6.08 Å². The highest BCUT2D eigenvalue weighted by Crippen LogP contribution is 2.25. The molecule has 0 unspecified atom stereocenters. The van der Waals surface area contributed by atoms with Crippen molar-refractivity contribution < 1.29 is 9.18 Å². The van der Waals surface area contributed by atoms with E-state index in [9.17, 15) is 9.18 Å². The third-order valence-corrected chi connectivity index (χ3v) is 3.92. The van der Waals surface area contributed by atoms with Crippen LogP contribution in [0.25, 0.3) is 10.9 Å². The largest absolute Gasteiger partial charge is 0.352 e. The predicted octanol–water partition coefficient (Wildman–Crippen LogP) is 3.05. The highest BCUT2D eigenvalue weighted by Gasteiger charge is 2.27. The van der Waals surface area contributed by atoms with E-state index < -0.39 is 0 Å². The van der Waals surface area contributed by atoms with Crippen molar-refractivity contribution in [2.24, 2.45) is 5.92 Å². The van der Waals surface area contributed by atoms with E-state index in [0.29, 0.717) is 11.2 Å². The van der Waals surface area contributed by atoms with Crippen molar-refractivity contribution in [3.63, 3.8) is 0 Å². The third-order valence-electron chi connectivity index (χ3n) is 3.92. The van der Waals surface area contributed by atoms with Gasteiger partial charge in [0, 0.05) is 23.4 Å².